The number of nitrogens with zero attached hydrogens (tertiary/aromatic N) is 5. The molecule has 1 N–H and O–H groups in total. The lowest BCUT2D eigenvalue weighted by Crippen LogP contribution is -2.38. The van der Waals surface area contributed by atoms with E-state index in [2.05, 4.69) is 30.2 Å². The number of rotatable bonds is 7. The molecular formula is C25H23F3N6O2. The van der Waals surface area contributed by atoms with Gasteiger partial charge in [0.2, 0.25) is 0 Å². The Labute approximate surface area is 205 Å². The van der Waals surface area contributed by atoms with Crippen LogP contribution in [0.25, 0.3) is 22.3 Å². The molecule has 1 fully saturated rings. The van der Waals surface area contributed by atoms with Gasteiger partial charge in [0.05, 0.1) is 30.0 Å². The molecule has 4 heterocycles. The maximum absolute atomic E-state index is 13.4. The number of hydrogen-bond acceptors (Lipinski definition) is 8. The van der Waals surface area contributed by atoms with E-state index < -0.39 is 11.7 Å². The fourth-order valence-corrected chi connectivity index (χ4v) is 3.95. The Morgan fingerprint density at radius 3 is 2.69 bits per heavy atom. The van der Waals surface area contributed by atoms with Crippen LogP contribution < -0.4 is 10.1 Å². The molecule has 1 aliphatic rings. The molecule has 0 spiro atoms. The van der Waals surface area contributed by atoms with Gasteiger partial charge in [-0.25, -0.2) is 15.0 Å². The highest BCUT2D eigenvalue weighted by molar-refractivity contribution is 5.89. The van der Waals surface area contributed by atoms with E-state index in [0.717, 1.165) is 44.6 Å². The predicted octanol–water partition coefficient (Wildman–Crippen LogP) is 4.56. The van der Waals surface area contributed by atoms with Crippen molar-refractivity contribution in [1.29, 1.82) is 0 Å². The fraction of sp³-hybridized carbons (Fsp3) is 0.280. The van der Waals surface area contributed by atoms with E-state index in [0.29, 0.717) is 29.2 Å². The molecule has 0 aliphatic carbocycles. The van der Waals surface area contributed by atoms with Crippen molar-refractivity contribution in [2.75, 3.05) is 44.8 Å². The van der Waals surface area contributed by atoms with Crippen molar-refractivity contribution >= 4 is 22.5 Å². The number of ether oxygens (including phenoxy) is 2. The number of benzene rings is 1. The number of aromatic nitrogens is 4. The van der Waals surface area contributed by atoms with Gasteiger partial charge in [-0.2, -0.15) is 13.2 Å². The number of fused-ring (bicyclic) bond motifs is 1. The first-order valence-electron chi connectivity index (χ1n) is 11.4. The largest absolute Gasteiger partial charge is 0.492 e. The van der Waals surface area contributed by atoms with E-state index in [1.807, 2.05) is 24.3 Å². The first kappa shape index (κ1) is 23.9. The third-order valence-electron chi connectivity index (χ3n) is 5.74. The van der Waals surface area contributed by atoms with Crippen LogP contribution in [0.5, 0.6) is 5.75 Å². The zero-order valence-electron chi connectivity index (χ0n) is 19.2. The van der Waals surface area contributed by atoms with Crippen LogP contribution in [0.2, 0.25) is 0 Å². The Morgan fingerprint density at radius 2 is 1.86 bits per heavy atom. The van der Waals surface area contributed by atoms with Crippen molar-refractivity contribution < 1.29 is 22.6 Å². The third kappa shape index (κ3) is 5.52. The second-order valence-electron chi connectivity index (χ2n) is 8.17. The van der Waals surface area contributed by atoms with Crippen LogP contribution in [0, 0.1) is 0 Å². The van der Waals surface area contributed by atoms with Gasteiger partial charge in [0.1, 0.15) is 24.2 Å². The minimum Gasteiger partial charge on any atom is -0.492 e. The molecule has 0 atom stereocenters. The Hall–Kier alpha value is -3.83. The molecular weight excluding hydrogens is 473 g/mol. The zero-order chi connectivity index (χ0) is 25.0. The van der Waals surface area contributed by atoms with Crippen LogP contribution in [0.3, 0.4) is 0 Å². The van der Waals surface area contributed by atoms with Gasteiger partial charge in [0.25, 0.3) is 0 Å². The molecule has 0 bridgehead atoms. The minimum atomic E-state index is -4.54. The lowest BCUT2D eigenvalue weighted by atomic mass is 10.1. The number of nitrogens with one attached hydrogen (secondary N) is 1. The first-order chi connectivity index (χ1) is 17.5. The van der Waals surface area contributed by atoms with Gasteiger partial charge in [0, 0.05) is 49.3 Å². The second-order valence-corrected chi connectivity index (χ2v) is 8.17. The summed E-state index contributed by atoms with van der Waals surface area (Å²) >= 11 is 0. The SMILES string of the molecule is FC(F)(F)c1cccnc1-c1cnc2c(Nc3cccc(OCCN4CCOCC4)c3)ncnc2c1. The summed E-state index contributed by atoms with van der Waals surface area (Å²) in [6, 6.07) is 11.2. The molecule has 8 nitrogen and oxygen atoms in total. The number of halogens is 3. The highest BCUT2D eigenvalue weighted by Crippen LogP contribution is 2.36. The molecule has 1 aromatic carbocycles. The van der Waals surface area contributed by atoms with Crippen LogP contribution >= 0.6 is 0 Å². The highest BCUT2D eigenvalue weighted by Gasteiger charge is 2.34. The van der Waals surface area contributed by atoms with Crippen LogP contribution in [-0.2, 0) is 10.9 Å². The maximum atomic E-state index is 13.4. The van der Waals surface area contributed by atoms with E-state index in [4.69, 9.17) is 9.47 Å². The highest BCUT2D eigenvalue weighted by atomic mass is 19.4. The summed E-state index contributed by atoms with van der Waals surface area (Å²) in [7, 11) is 0. The Kier molecular flexibility index (Phi) is 6.92. The summed E-state index contributed by atoms with van der Waals surface area (Å²) < 4.78 is 51.6. The molecule has 5 rings (SSSR count). The van der Waals surface area contributed by atoms with E-state index >= 15 is 0 Å². The molecule has 1 aliphatic heterocycles. The Balaban J connectivity index is 1.33. The van der Waals surface area contributed by atoms with E-state index in [9.17, 15) is 13.2 Å². The van der Waals surface area contributed by atoms with Crippen molar-refractivity contribution in [2.24, 2.45) is 0 Å². The molecule has 36 heavy (non-hydrogen) atoms. The van der Waals surface area contributed by atoms with Gasteiger partial charge in [-0.3, -0.25) is 9.88 Å². The van der Waals surface area contributed by atoms with Crippen molar-refractivity contribution in [2.45, 2.75) is 6.18 Å². The third-order valence-corrected chi connectivity index (χ3v) is 5.74. The van der Waals surface area contributed by atoms with Gasteiger partial charge in [-0.05, 0) is 30.3 Å². The topological polar surface area (TPSA) is 85.3 Å². The summed E-state index contributed by atoms with van der Waals surface area (Å²) in [4.78, 5) is 19.1. The first-order valence-corrected chi connectivity index (χ1v) is 11.4. The van der Waals surface area contributed by atoms with Crippen LogP contribution in [0.4, 0.5) is 24.7 Å². The van der Waals surface area contributed by atoms with Crippen LogP contribution in [0.15, 0.2) is 61.2 Å². The molecule has 0 saturated carbocycles. The van der Waals surface area contributed by atoms with Crippen molar-refractivity contribution in [3.63, 3.8) is 0 Å². The van der Waals surface area contributed by atoms with E-state index in [1.165, 1.54) is 30.9 Å². The molecule has 4 aromatic rings. The standard InChI is InChI=1S/C25H23F3N6O2/c26-25(27,28)20-5-2-6-29-22(20)17-13-21-23(30-15-17)24(32-16-31-21)33-18-3-1-4-19(14-18)36-12-9-34-7-10-35-11-8-34/h1-6,13-16H,7-12H2,(H,31,32,33). The Morgan fingerprint density at radius 1 is 1.00 bits per heavy atom. The molecule has 11 heteroatoms. The van der Waals surface area contributed by atoms with Crippen LogP contribution in [0.1, 0.15) is 5.56 Å². The van der Waals surface area contributed by atoms with E-state index in [1.54, 1.807) is 0 Å². The average Bonchev–Trinajstić information content (AvgIpc) is 2.89. The average molecular weight is 496 g/mol. The molecule has 0 amide bonds. The molecule has 1 saturated heterocycles. The number of morpholine rings is 1. The van der Waals surface area contributed by atoms with Crippen molar-refractivity contribution in [1.82, 2.24) is 24.8 Å². The van der Waals surface area contributed by atoms with E-state index in [-0.39, 0.29) is 11.3 Å². The maximum Gasteiger partial charge on any atom is 0.418 e. The summed E-state index contributed by atoms with van der Waals surface area (Å²) in [5.41, 5.74) is 0.731. The lowest BCUT2D eigenvalue weighted by Gasteiger charge is -2.26. The quantitative estimate of drug-likeness (QED) is 0.399. The van der Waals surface area contributed by atoms with Gasteiger partial charge in [0.15, 0.2) is 5.82 Å². The molecule has 3 aromatic heterocycles. The lowest BCUT2D eigenvalue weighted by molar-refractivity contribution is -0.137. The molecule has 186 valence electrons. The number of anilines is 2. The zero-order valence-corrected chi connectivity index (χ0v) is 19.2. The summed E-state index contributed by atoms with van der Waals surface area (Å²) in [5.74, 6) is 1.13. The normalized spacial score (nSPS) is 14.6. The van der Waals surface area contributed by atoms with Crippen molar-refractivity contribution in [3.05, 3.63) is 66.7 Å². The smallest absolute Gasteiger partial charge is 0.418 e. The molecule has 0 unspecified atom stereocenters. The summed E-state index contributed by atoms with van der Waals surface area (Å²) in [6.07, 6.45) is -0.536. The second kappa shape index (κ2) is 10.4. The predicted molar refractivity (Wildman–Crippen MR) is 128 cm³/mol. The van der Waals surface area contributed by atoms with Gasteiger partial charge >= 0.3 is 6.18 Å². The van der Waals surface area contributed by atoms with Gasteiger partial charge in [-0.15, -0.1) is 0 Å². The summed E-state index contributed by atoms with van der Waals surface area (Å²) in [5, 5.41) is 3.21. The van der Waals surface area contributed by atoms with Crippen molar-refractivity contribution in [3.8, 4) is 17.0 Å². The number of pyridine rings is 2. The monoisotopic (exact) mass is 496 g/mol. The minimum absolute atomic E-state index is 0.200. The van der Waals surface area contributed by atoms with Gasteiger partial charge in [-0.1, -0.05) is 6.07 Å². The molecule has 0 radical (unpaired) electrons. The summed E-state index contributed by atoms with van der Waals surface area (Å²) in [6.45, 7) is 4.66. The van der Waals surface area contributed by atoms with Gasteiger partial charge < -0.3 is 14.8 Å². The van der Waals surface area contributed by atoms with Crippen LogP contribution in [-0.4, -0.2) is 64.3 Å². The number of hydrogen-bond donors (Lipinski definition) is 1. The number of alkyl halides is 3. The fourth-order valence-electron chi connectivity index (χ4n) is 3.95. The Bertz CT molecular complexity index is 1340.